The van der Waals surface area contributed by atoms with Crippen molar-refractivity contribution in [3.63, 3.8) is 0 Å². The molecule has 0 fully saturated rings. The zero-order valence-electron chi connectivity index (χ0n) is 10.8. The molecule has 0 radical (unpaired) electrons. The molecule has 0 rings (SSSR count). The van der Waals surface area contributed by atoms with Gasteiger partial charge in [0.2, 0.25) is 5.91 Å². The van der Waals surface area contributed by atoms with Gasteiger partial charge in [-0.05, 0) is 19.3 Å². The summed E-state index contributed by atoms with van der Waals surface area (Å²) in [7, 11) is 0. The highest BCUT2D eigenvalue weighted by Crippen LogP contribution is 2.00. The van der Waals surface area contributed by atoms with E-state index in [2.05, 4.69) is 24.4 Å². The van der Waals surface area contributed by atoms with Gasteiger partial charge in [0, 0.05) is 12.6 Å². The Kier molecular flexibility index (Phi) is 11.6. The van der Waals surface area contributed by atoms with Crippen molar-refractivity contribution in [1.82, 2.24) is 5.43 Å². The highest BCUT2D eigenvalue weighted by Gasteiger charge is 1.97. The van der Waals surface area contributed by atoms with Gasteiger partial charge < -0.3 is 0 Å². The van der Waals surface area contributed by atoms with Crippen LogP contribution >= 0.6 is 0 Å². The summed E-state index contributed by atoms with van der Waals surface area (Å²) in [4.78, 5) is 11.2. The lowest BCUT2D eigenvalue weighted by molar-refractivity contribution is -0.121. The van der Waals surface area contributed by atoms with E-state index in [1.54, 1.807) is 0 Å². The molecule has 1 N–H and O–H groups in total. The van der Waals surface area contributed by atoms with E-state index in [4.69, 9.17) is 0 Å². The number of hydrogen-bond donors (Lipinski definition) is 1. The van der Waals surface area contributed by atoms with Crippen molar-refractivity contribution in [2.45, 2.75) is 71.6 Å². The van der Waals surface area contributed by atoms with Gasteiger partial charge in [0.25, 0.3) is 0 Å². The quantitative estimate of drug-likeness (QED) is 0.345. The van der Waals surface area contributed by atoms with Gasteiger partial charge in [-0.25, -0.2) is 5.43 Å². The van der Waals surface area contributed by atoms with E-state index in [0.717, 1.165) is 25.7 Å². The minimum Gasteiger partial charge on any atom is -0.273 e. The molecule has 0 bridgehead atoms. The monoisotopic (exact) mass is 226 g/mol. The molecule has 0 aliphatic carbocycles. The first-order chi connectivity index (χ1) is 7.81. The Bertz CT molecular complexity index is 190. The fourth-order valence-corrected chi connectivity index (χ4v) is 1.44. The van der Waals surface area contributed by atoms with Crippen molar-refractivity contribution in [3.05, 3.63) is 0 Å². The van der Waals surface area contributed by atoms with Crippen LogP contribution in [0.2, 0.25) is 0 Å². The second kappa shape index (κ2) is 12.2. The Labute approximate surface area is 99.7 Å². The zero-order chi connectivity index (χ0) is 12.1. The maximum Gasteiger partial charge on any atom is 0.240 e. The van der Waals surface area contributed by atoms with E-state index in [1.807, 2.05) is 6.21 Å². The summed E-state index contributed by atoms with van der Waals surface area (Å²) in [5, 5.41) is 3.92. The molecular weight excluding hydrogens is 200 g/mol. The summed E-state index contributed by atoms with van der Waals surface area (Å²) in [5.41, 5.74) is 2.56. The highest BCUT2D eigenvalue weighted by atomic mass is 16.2. The van der Waals surface area contributed by atoms with Crippen molar-refractivity contribution in [1.29, 1.82) is 0 Å². The first kappa shape index (κ1) is 15.1. The fraction of sp³-hybridized carbons (Fsp3) is 0.846. The van der Waals surface area contributed by atoms with E-state index in [9.17, 15) is 4.79 Å². The van der Waals surface area contributed by atoms with Gasteiger partial charge >= 0.3 is 0 Å². The first-order valence-electron chi connectivity index (χ1n) is 6.61. The average Bonchev–Trinajstić information content (AvgIpc) is 2.28. The number of carbonyl (C=O) groups excluding carboxylic acids is 1. The Morgan fingerprint density at radius 2 is 1.75 bits per heavy atom. The van der Waals surface area contributed by atoms with Gasteiger partial charge in [-0.2, -0.15) is 5.10 Å². The average molecular weight is 226 g/mol. The second-order valence-electron chi connectivity index (χ2n) is 4.15. The largest absolute Gasteiger partial charge is 0.273 e. The lowest BCUT2D eigenvalue weighted by Gasteiger charge is -1.98. The fourth-order valence-electron chi connectivity index (χ4n) is 1.44. The topological polar surface area (TPSA) is 41.5 Å². The number of nitrogens with zero attached hydrogens (tertiary/aromatic N) is 1. The lowest BCUT2D eigenvalue weighted by atomic mass is 10.2. The minimum atomic E-state index is 0.0401. The van der Waals surface area contributed by atoms with Gasteiger partial charge in [0.05, 0.1) is 0 Å². The van der Waals surface area contributed by atoms with Crippen LogP contribution in [0.3, 0.4) is 0 Å². The van der Waals surface area contributed by atoms with Crippen molar-refractivity contribution in [3.8, 4) is 0 Å². The third-order valence-electron chi connectivity index (χ3n) is 2.47. The molecule has 0 saturated carbocycles. The summed E-state index contributed by atoms with van der Waals surface area (Å²) < 4.78 is 0. The zero-order valence-corrected chi connectivity index (χ0v) is 10.8. The molecule has 0 aromatic heterocycles. The van der Waals surface area contributed by atoms with Crippen molar-refractivity contribution in [2.24, 2.45) is 5.10 Å². The summed E-state index contributed by atoms with van der Waals surface area (Å²) in [5.74, 6) is 0.0401. The maximum atomic E-state index is 11.2. The molecular formula is C13H26N2O. The summed E-state index contributed by atoms with van der Waals surface area (Å²) in [6.45, 7) is 4.33. The number of carbonyl (C=O) groups is 1. The number of hydrazone groups is 1. The molecule has 0 aliphatic rings. The summed E-state index contributed by atoms with van der Waals surface area (Å²) in [6.07, 6.45) is 11.6. The van der Waals surface area contributed by atoms with Crippen molar-refractivity contribution < 1.29 is 4.79 Å². The molecule has 0 aromatic carbocycles. The Morgan fingerprint density at radius 3 is 2.44 bits per heavy atom. The van der Waals surface area contributed by atoms with Crippen LogP contribution in [0.4, 0.5) is 0 Å². The number of hydrogen-bond acceptors (Lipinski definition) is 2. The van der Waals surface area contributed by atoms with Gasteiger partial charge in [-0.1, -0.05) is 46.0 Å². The van der Waals surface area contributed by atoms with Crippen LogP contribution in [0.5, 0.6) is 0 Å². The highest BCUT2D eigenvalue weighted by molar-refractivity contribution is 5.76. The van der Waals surface area contributed by atoms with Crippen LogP contribution < -0.4 is 5.43 Å². The summed E-state index contributed by atoms with van der Waals surface area (Å²) >= 11 is 0. The SMILES string of the molecule is CCCCCCC=NNC(=O)CCCCC. The molecule has 0 heterocycles. The van der Waals surface area contributed by atoms with E-state index in [1.165, 1.54) is 25.7 Å². The van der Waals surface area contributed by atoms with Crippen LogP contribution in [0.1, 0.15) is 71.6 Å². The molecule has 94 valence electrons. The predicted octanol–water partition coefficient (Wildman–Crippen LogP) is 3.64. The normalized spacial score (nSPS) is 10.9. The van der Waals surface area contributed by atoms with E-state index >= 15 is 0 Å². The maximum absolute atomic E-state index is 11.2. The van der Waals surface area contributed by atoms with Crippen LogP contribution in [-0.2, 0) is 4.79 Å². The molecule has 1 amide bonds. The van der Waals surface area contributed by atoms with Crippen molar-refractivity contribution in [2.75, 3.05) is 0 Å². The van der Waals surface area contributed by atoms with Crippen LogP contribution in [0.15, 0.2) is 5.10 Å². The molecule has 0 spiro atoms. The smallest absolute Gasteiger partial charge is 0.240 e. The van der Waals surface area contributed by atoms with Crippen molar-refractivity contribution >= 4 is 12.1 Å². The number of unbranched alkanes of at least 4 members (excludes halogenated alkanes) is 6. The van der Waals surface area contributed by atoms with E-state index < -0.39 is 0 Å². The van der Waals surface area contributed by atoms with E-state index in [-0.39, 0.29) is 5.91 Å². The molecule has 0 aromatic rings. The Morgan fingerprint density at radius 1 is 1.06 bits per heavy atom. The van der Waals surface area contributed by atoms with Gasteiger partial charge in [-0.3, -0.25) is 4.79 Å². The van der Waals surface area contributed by atoms with Crippen LogP contribution in [-0.4, -0.2) is 12.1 Å². The predicted molar refractivity (Wildman–Crippen MR) is 69.5 cm³/mol. The number of rotatable bonds is 10. The molecule has 0 unspecified atom stereocenters. The molecule has 0 saturated heterocycles. The molecule has 0 aliphatic heterocycles. The molecule has 3 nitrogen and oxygen atoms in total. The van der Waals surface area contributed by atoms with Gasteiger partial charge in [0.1, 0.15) is 0 Å². The van der Waals surface area contributed by atoms with Crippen LogP contribution in [0, 0.1) is 0 Å². The van der Waals surface area contributed by atoms with Gasteiger partial charge in [0.15, 0.2) is 0 Å². The lowest BCUT2D eigenvalue weighted by Crippen LogP contribution is -2.16. The van der Waals surface area contributed by atoms with Crippen LogP contribution in [0.25, 0.3) is 0 Å². The number of amides is 1. The third kappa shape index (κ3) is 11.2. The minimum absolute atomic E-state index is 0.0401. The third-order valence-corrected chi connectivity index (χ3v) is 2.47. The van der Waals surface area contributed by atoms with E-state index in [0.29, 0.717) is 6.42 Å². The number of nitrogens with one attached hydrogen (secondary N) is 1. The first-order valence-corrected chi connectivity index (χ1v) is 6.61. The second-order valence-corrected chi connectivity index (χ2v) is 4.15. The molecule has 0 atom stereocenters. The Hall–Kier alpha value is -0.860. The Balaban J connectivity index is 3.27. The van der Waals surface area contributed by atoms with Gasteiger partial charge in [-0.15, -0.1) is 0 Å². The molecule has 16 heavy (non-hydrogen) atoms. The summed E-state index contributed by atoms with van der Waals surface area (Å²) in [6, 6.07) is 0. The standard InChI is InChI=1S/C13H26N2O/c1-3-5-7-8-10-12-14-15-13(16)11-9-6-4-2/h12H,3-11H2,1-2H3,(H,15,16). The molecule has 3 heteroatoms.